The van der Waals surface area contributed by atoms with Crippen molar-refractivity contribution in [1.82, 2.24) is 14.8 Å². The summed E-state index contributed by atoms with van der Waals surface area (Å²) in [4.78, 5) is 23.1. The fourth-order valence-corrected chi connectivity index (χ4v) is 5.34. The molecule has 5 rings (SSSR count). The van der Waals surface area contributed by atoms with E-state index in [-0.39, 0.29) is 5.91 Å². The molecule has 0 fully saturated rings. The number of hydrogen-bond acceptors (Lipinski definition) is 7. The van der Waals surface area contributed by atoms with E-state index in [0.717, 1.165) is 16.9 Å². The second-order valence-corrected chi connectivity index (χ2v) is 10.3. The van der Waals surface area contributed by atoms with Crippen molar-refractivity contribution in [3.05, 3.63) is 88.9 Å². The Morgan fingerprint density at radius 3 is 2.38 bits per heavy atom. The molecular weight excluding hydrogens is 534 g/mol. The SMILES string of the molecule is CCOc1ccc(C2C(C(=O)Nc3ccc(OC)cc3)C(C)=Nc3nc(SCc4ccc(Cl)cc4)nn32)cc1. The number of fused-ring (bicyclic) bond motifs is 1. The molecule has 2 atom stereocenters. The molecular formula is C29H28ClN5O3S. The minimum Gasteiger partial charge on any atom is -0.497 e. The van der Waals surface area contributed by atoms with Gasteiger partial charge >= 0.3 is 0 Å². The van der Waals surface area contributed by atoms with Gasteiger partial charge in [-0.15, -0.1) is 5.10 Å². The third kappa shape index (κ3) is 6.10. The number of aliphatic imine (C=N–C) groups is 1. The molecule has 0 aliphatic carbocycles. The number of nitrogens with one attached hydrogen (secondary N) is 1. The number of amides is 1. The van der Waals surface area contributed by atoms with Gasteiger partial charge in [-0.1, -0.05) is 47.6 Å². The van der Waals surface area contributed by atoms with Crippen molar-refractivity contribution in [3.8, 4) is 11.5 Å². The Kier molecular flexibility index (Phi) is 8.18. The highest BCUT2D eigenvalue weighted by molar-refractivity contribution is 7.98. The summed E-state index contributed by atoms with van der Waals surface area (Å²) in [5.74, 6) is 1.84. The zero-order valence-corrected chi connectivity index (χ0v) is 23.4. The number of ether oxygens (including phenoxy) is 2. The van der Waals surface area contributed by atoms with E-state index in [1.807, 2.05) is 74.5 Å². The Morgan fingerprint density at radius 2 is 1.72 bits per heavy atom. The minimum absolute atomic E-state index is 0.184. The van der Waals surface area contributed by atoms with E-state index in [4.69, 9.17) is 31.2 Å². The van der Waals surface area contributed by atoms with Gasteiger partial charge in [0, 0.05) is 22.2 Å². The van der Waals surface area contributed by atoms with Crippen LogP contribution in [0, 0.1) is 5.92 Å². The van der Waals surface area contributed by atoms with Crippen LogP contribution < -0.4 is 14.8 Å². The van der Waals surface area contributed by atoms with Crippen molar-refractivity contribution in [2.45, 2.75) is 30.8 Å². The first-order valence-electron chi connectivity index (χ1n) is 12.5. The van der Waals surface area contributed by atoms with Crippen molar-refractivity contribution in [2.75, 3.05) is 19.0 Å². The summed E-state index contributed by atoms with van der Waals surface area (Å²) in [6.07, 6.45) is 0. The normalized spacial score (nSPS) is 16.3. The molecule has 2 heterocycles. The molecule has 0 bridgehead atoms. The first-order valence-corrected chi connectivity index (χ1v) is 13.9. The monoisotopic (exact) mass is 561 g/mol. The molecule has 200 valence electrons. The average molecular weight is 562 g/mol. The number of carbonyl (C=O) groups is 1. The molecule has 1 aliphatic heterocycles. The molecule has 0 spiro atoms. The molecule has 39 heavy (non-hydrogen) atoms. The van der Waals surface area contributed by atoms with Crippen LogP contribution in [0.5, 0.6) is 11.5 Å². The van der Waals surface area contributed by atoms with Crippen LogP contribution in [-0.2, 0) is 10.5 Å². The van der Waals surface area contributed by atoms with Gasteiger partial charge in [-0.2, -0.15) is 4.98 Å². The van der Waals surface area contributed by atoms with Crippen LogP contribution in [0.1, 0.15) is 31.0 Å². The molecule has 8 nitrogen and oxygen atoms in total. The predicted molar refractivity (Wildman–Crippen MR) is 155 cm³/mol. The van der Waals surface area contributed by atoms with Crippen LogP contribution in [0.15, 0.2) is 82.9 Å². The van der Waals surface area contributed by atoms with Gasteiger partial charge in [0.1, 0.15) is 17.4 Å². The number of hydrogen-bond donors (Lipinski definition) is 1. The lowest BCUT2D eigenvalue weighted by Gasteiger charge is -2.30. The maximum absolute atomic E-state index is 13.7. The largest absolute Gasteiger partial charge is 0.497 e. The molecule has 2 unspecified atom stereocenters. The zero-order valence-electron chi connectivity index (χ0n) is 21.8. The van der Waals surface area contributed by atoms with E-state index in [0.29, 0.717) is 45.6 Å². The summed E-state index contributed by atoms with van der Waals surface area (Å²) < 4.78 is 12.6. The van der Waals surface area contributed by atoms with Crippen molar-refractivity contribution in [1.29, 1.82) is 0 Å². The zero-order chi connectivity index (χ0) is 27.4. The highest BCUT2D eigenvalue weighted by Gasteiger charge is 2.39. The number of aromatic nitrogens is 3. The summed E-state index contributed by atoms with van der Waals surface area (Å²) in [5.41, 5.74) is 3.34. The molecule has 1 N–H and O–H groups in total. The van der Waals surface area contributed by atoms with E-state index >= 15 is 0 Å². The molecule has 1 amide bonds. The number of nitrogens with zero attached hydrogens (tertiary/aromatic N) is 4. The number of thioether (sulfide) groups is 1. The van der Waals surface area contributed by atoms with E-state index in [1.54, 1.807) is 23.9 Å². The molecule has 0 saturated heterocycles. The number of halogens is 1. The van der Waals surface area contributed by atoms with Gasteiger partial charge in [0.2, 0.25) is 17.0 Å². The maximum Gasteiger partial charge on any atom is 0.249 e. The van der Waals surface area contributed by atoms with Gasteiger partial charge in [-0.25, -0.2) is 9.67 Å². The third-order valence-electron chi connectivity index (χ3n) is 6.35. The average Bonchev–Trinajstić information content (AvgIpc) is 3.35. The number of benzene rings is 3. The van der Waals surface area contributed by atoms with Gasteiger partial charge in [0.25, 0.3) is 0 Å². The number of anilines is 1. The lowest BCUT2D eigenvalue weighted by molar-refractivity contribution is -0.118. The fourth-order valence-electron chi connectivity index (χ4n) is 4.43. The summed E-state index contributed by atoms with van der Waals surface area (Å²) in [5, 5.41) is 9.12. The Hall–Kier alpha value is -3.82. The first kappa shape index (κ1) is 26.8. The van der Waals surface area contributed by atoms with Gasteiger partial charge in [-0.3, -0.25) is 4.79 Å². The van der Waals surface area contributed by atoms with E-state index in [2.05, 4.69) is 10.3 Å². The Bertz CT molecular complexity index is 1470. The topological polar surface area (TPSA) is 90.6 Å². The van der Waals surface area contributed by atoms with Gasteiger partial charge in [0.15, 0.2) is 0 Å². The van der Waals surface area contributed by atoms with Crippen LogP contribution >= 0.6 is 23.4 Å². The Morgan fingerprint density at radius 1 is 1.03 bits per heavy atom. The van der Waals surface area contributed by atoms with Crippen LogP contribution in [0.25, 0.3) is 0 Å². The molecule has 0 saturated carbocycles. The second-order valence-electron chi connectivity index (χ2n) is 8.95. The summed E-state index contributed by atoms with van der Waals surface area (Å²) in [6.45, 7) is 4.38. The highest BCUT2D eigenvalue weighted by Crippen LogP contribution is 2.38. The van der Waals surface area contributed by atoms with Gasteiger partial charge in [-0.05, 0) is 73.5 Å². The Labute approximate surface area is 236 Å². The fraction of sp³-hybridized carbons (Fsp3) is 0.241. The molecule has 4 aromatic rings. The predicted octanol–water partition coefficient (Wildman–Crippen LogP) is 6.58. The highest BCUT2D eigenvalue weighted by atomic mass is 35.5. The van der Waals surface area contributed by atoms with Crippen molar-refractivity contribution >= 4 is 46.6 Å². The minimum atomic E-state index is -0.603. The third-order valence-corrected chi connectivity index (χ3v) is 7.51. The van der Waals surface area contributed by atoms with Crippen molar-refractivity contribution in [3.63, 3.8) is 0 Å². The second kappa shape index (κ2) is 11.9. The van der Waals surface area contributed by atoms with Crippen LogP contribution in [0.2, 0.25) is 5.02 Å². The summed E-state index contributed by atoms with van der Waals surface area (Å²) >= 11 is 7.53. The number of rotatable bonds is 9. The maximum atomic E-state index is 13.7. The van der Waals surface area contributed by atoms with Crippen LogP contribution in [0.3, 0.4) is 0 Å². The Balaban J connectivity index is 1.46. The lowest BCUT2D eigenvalue weighted by Crippen LogP contribution is -2.39. The summed E-state index contributed by atoms with van der Waals surface area (Å²) in [6, 6.07) is 22.2. The smallest absolute Gasteiger partial charge is 0.249 e. The summed E-state index contributed by atoms with van der Waals surface area (Å²) in [7, 11) is 1.61. The standard InChI is InChI=1S/C29H28ClN5O3S/c1-4-38-24-13-7-20(8-14-24)26-25(27(36)32-22-11-15-23(37-3)16-12-22)18(2)31-28-33-29(34-35(26)28)39-17-19-5-9-21(30)10-6-19/h5-16,25-26H,4,17H2,1-3H3,(H,32,36). The van der Waals surface area contributed by atoms with Gasteiger partial charge < -0.3 is 14.8 Å². The van der Waals surface area contributed by atoms with E-state index in [1.165, 1.54) is 11.8 Å². The first-order chi connectivity index (χ1) is 18.9. The molecule has 10 heteroatoms. The molecule has 1 aromatic heterocycles. The van der Waals surface area contributed by atoms with Gasteiger partial charge in [0.05, 0.1) is 19.8 Å². The quantitative estimate of drug-likeness (QED) is 0.232. The van der Waals surface area contributed by atoms with Crippen molar-refractivity contribution < 1.29 is 14.3 Å². The van der Waals surface area contributed by atoms with Crippen LogP contribution in [-0.4, -0.2) is 40.1 Å². The molecule has 1 aliphatic rings. The lowest BCUT2D eigenvalue weighted by atomic mass is 9.87. The van der Waals surface area contributed by atoms with E-state index < -0.39 is 12.0 Å². The van der Waals surface area contributed by atoms with E-state index in [9.17, 15) is 4.79 Å². The number of carbonyl (C=O) groups excluding carboxylic acids is 1. The van der Waals surface area contributed by atoms with Crippen molar-refractivity contribution in [2.24, 2.45) is 10.9 Å². The molecule has 3 aromatic carbocycles. The van der Waals surface area contributed by atoms with Crippen LogP contribution in [0.4, 0.5) is 11.6 Å². The number of methoxy groups -OCH3 is 1. The molecule has 0 radical (unpaired) electrons.